The highest BCUT2D eigenvalue weighted by Crippen LogP contribution is 2.36. The minimum Gasteiger partial charge on any atom is -0.492 e. The smallest absolute Gasteiger partial charge is 0.254 e. The van der Waals surface area contributed by atoms with Crippen molar-refractivity contribution in [2.45, 2.75) is 39.8 Å². The number of carbonyl (C=O) groups is 1. The molecule has 0 saturated heterocycles. The summed E-state index contributed by atoms with van der Waals surface area (Å²) in [6, 6.07) is 7.26. The first-order valence-corrected chi connectivity index (χ1v) is 11.0. The van der Waals surface area contributed by atoms with E-state index in [1.807, 2.05) is 40.1 Å². The number of aliphatic hydroxyl groups is 1. The van der Waals surface area contributed by atoms with Crippen LogP contribution in [0.25, 0.3) is 11.1 Å². The number of aromatic nitrogens is 3. The zero-order chi connectivity index (χ0) is 23.7. The molecule has 0 fully saturated rings. The fraction of sp³-hybridized carbons (Fsp3) is 0.360. The predicted octanol–water partition coefficient (Wildman–Crippen LogP) is 3.31. The van der Waals surface area contributed by atoms with E-state index in [0.29, 0.717) is 47.7 Å². The number of nitriles is 1. The average molecular weight is 446 g/mol. The third-order valence-electron chi connectivity index (χ3n) is 6.09. The van der Waals surface area contributed by atoms with Gasteiger partial charge in [-0.1, -0.05) is 0 Å². The van der Waals surface area contributed by atoms with Gasteiger partial charge in [0.1, 0.15) is 17.4 Å². The summed E-state index contributed by atoms with van der Waals surface area (Å²) in [4.78, 5) is 19.8. The van der Waals surface area contributed by atoms with Crippen molar-refractivity contribution in [3.8, 4) is 22.9 Å². The number of nitrogens with zero attached hydrogens (tertiary/aromatic N) is 5. The Bertz CT molecular complexity index is 1260. The Labute approximate surface area is 193 Å². The van der Waals surface area contributed by atoms with Gasteiger partial charge in [0.2, 0.25) is 0 Å². The molecule has 0 spiro atoms. The van der Waals surface area contributed by atoms with E-state index in [1.54, 1.807) is 21.7 Å². The Morgan fingerprint density at radius 1 is 1.27 bits per heavy atom. The zero-order valence-corrected chi connectivity index (χ0v) is 19.3. The summed E-state index contributed by atoms with van der Waals surface area (Å²) < 4.78 is 7.35. The topological polar surface area (TPSA) is 104 Å². The van der Waals surface area contributed by atoms with Crippen LogP contribution in [0.2, 0.25) is 0 Å². The van der Waals surface area contributed by atoms with Crippen molar-refractivity contribution in [3.63, 3.8) is 0 Å². The zero-order valence-electron chi connectivity index (χ0n) is 19.3. The van der Waals surface area contributed by atoms with Gasteiger partial charge >= 0.3 is 0 Å². The van der Waals surface area contributed by atoms with Crippen molar-refractivity contribution < 1.29 is 14.6 Å². The molecule has 1 amide bonds. The number of amides is 1. The van der Waals surface area contributed by atoms with Gasteiger partial charge in [-0.15, -0.1) is 0 Å². The number of aliphatic hydroxyl groups excluding tert-OH is 1. The van der Waals surface area contributed by atoms with Crippen molar-refractivity contribution in [1.29, 1.82) is 5.26 Å². The Morgan fingerprint density at radius 3 is 2.67 bits per heavy atom. The molecule has 8 heteroatoms. The van der Waals surface area contributed by atoms with Crippen LogP contribution in [-0.2, 0) is 20.1 Å². The van der Waals surface area contributed by atoms with Crippen LogP contribution in [-0.4, -0.2) is 43.8 Å². The van der Waals surface area contributed by atoms with Gasteiger partial charge < -0.3 is 14.7 Å². The second kappa shape index (κ2) is 9.04. The van der Waals surface area contributed by atoms with Crippen LogP contribution in [0.1, 0.15) is 58.3 Å². The molecule has 33 heavy (non-hydrogen) atoms. The fourth-order valence-corrected chi connectivity index (χ4v) is 4.44. The highest BCUT2D eigenvalue weighted by molar-refractivity contribution is 5.99. The maximum Gasteiger partial charge on any atom is 0.254 e. The second-order valence-electron chi connectivity index (χ2n) is 8.20. The molecule has 0 radical (unpaired) electrons. The molecule has 1 aliphatic rings. The SMILES string of the molecule is CCOc1cc(C(C)N2CCc3c(cc(CO)cc3-c3cn(C)nc3C)C2=O)ncc1C#N. The highest BCUT2D eigenvalue weighted by atomic mass is 16.5. The van der Waals surface area contributed by atoms with Gasteiger partial charge in [-0.3, -0.25) is 14.5 Å². The first-order chi connectivity index (χ1) is 15.9. The lowest BCUT2D eigenvalue weighted by atomic mass is 9.88. The Morgan fingerprint density at radius 2 is 2.03 bits per heavy atom. The van der Waals surface area contributed by atoms with Crippen LogP contribution in [0.3, 0.4) is 0 Å². The second-order valence-corrected chi connectivity index (χ2v) is 8.20. The fourth-order valence-electron chi connectivity index (χ4n) is 4.44. The first kappa shape index (κ1) is 22.5. The van der Waals surface area contributed by atoms with E-state index in [-0.39, 0.29) is 18.6 Å². The van der Waals surface area contributed by atoms with E-state index < -0.39 is 0 Å². The summed E-state index contributed by atoms with van der Waals surface area (Å²) in [5, 5.41) is 23.6. The summed E-state index contributed by atoms with van der Waals surface area (Å²) in [5.41, 5.74) is 6.07. The van der Waals surface area contributed by atoms with Crippen molar-refractivity contribution in [2.75, 3.05) is 13.2 Å². The normalized spacial score (nSPS) is 14.1. The first-order valence-electron chi connectivity index (χ1n) is 11.0. The summed E-state index contributed by atoms with van der Waals surface area (Å²) in [5.74, 6) is 0.365. The number of ether oxygens (including phenoxy) is 1. The lowest BCUT2D eigenvalue weighted by molar-refractivity contribution is 0.0669. The lowest BCUT2D eigenvalue weighted by Gasteiger charge is -2.34. The molecule has 0 aliphatic carbocycles. The van der Waals surface area contributed by atoms with E-state index in [0.717, 1.165) is 22.4 Å². The molecular formula is C25H27N5O3. The molecule has 1 aromatic carbocycles. The van der Waals surface area contributed by atoms with Crippen LogP contribution in [0, 0.1) is 18.3 Å². The summed E-state index contributed by atoms with van der Waals surface area (Å²) >= 11 is 0. The van der Waals surface area contributed by atoms with E-state index in [1.165, 1.54) is 6.20 Å². The molecular weight excluding hydrogens is 418 g/mol. The molecule has 3 heterocycles. The number of carbonyl (C=O) groups excluding carboxylic acids is 1. The maximum atomic E-state index is 13.6. The van der Waals surface area contributed by atoms with Gasteiger partial charge in [0.25, 0.3) is 5.91 Å². The predicted molar refractivity (Wildman–Crippen MR) is 123 cm³/mol. The third-order valence-corrected chi connectivity index (χ3v) is 6.09. The van der Waals surface area contributed by atoms with Gasteiger partial charge in [0.15, 0.2) is 0 Å². The number of rotatable bonds is 6. The molecule has 1 N–H and O–H groups in total. The molecule has 0 saturated carbocycles. The maximum absolute atomic E-state index is 13.6. The molecule has 0 bridgehead atoms. The van der Waals surface area contributed by atoms with Crippen LogP contribution in [0.5, 0.6) is 5.75 Å². The molecule has 3 aromatic rings. The van der Waals surface area contributed by atoms with E-state index >= 15 is 0 Å². The third kappa shape index (κ3) is 4.08. The molecule has 1 aliphatic heterocycles. The van der Waals surface area contributed by atoms with Crippen LogP contribution >= 0.6 is 0 Å². The van der Waals surface area contributed by atoms with Gasteiger partial charge in [0, 0.05) is 43.2 Å². The number of benzene rings is 1. The average Bonchev–Trinajstić information content (AvgIpc) is 3.16. The van der Waals surface area contributed by atoms with Crippen molar-refractivity contribution >= 4 is 5.91 Å². The molecule has 1 atom stereocenters. The number of hydrogen-bond donors (Lipinski definition) is 1. The van der Waals surface area contributed by atoms with Gasteiger partial charge in [-0.05, 0) is 56.0 Å². The monoisotopic (exact) mass is 445 g/mol. The summed E-state index contributed by atoms with van der Waals surface area (Å²) in [6.45, 7) is 6.54. The Hall–Kier alpha value is -3.70. The Balaban J connectivity index is 1.73. The van der Waals surface area contributed by atoms with Crippen molar-refractivity contribution in [2.24, 2.45) is 7.05 Å². The highest BCUT2D eigenvalue weighted by Gasteiger charge is 2.32. The number of hydrogen-bond acceptors (Lipinski definition) is 6. The minimum atomic E-state index is -0.307. The Kier molecular flexibility index (Phi) is 6.16. The number of pyridine rings is 1. The van der Waals surface area contributed by atoms with Crippen molar-refractivity contribution in [3.05, 3.63) is 64.2 Å². The summed E-state index contributed by atoms with van der Waals surface area (Å²) in [6.07, 6.45) is 4.11. The molecule has 8 nitrogen and oxygen atoms in total. The largest absolute Gasteiger partial charge is 0.492 e. The van der Waals surface area contributed by atoms with Crippen molar-refractivity contribution in [1.82, 2.24) is 19.7 Å². The quantitative estimate of drug-likeness (QED) is 0.624. The number of fused-ring (bicyclic) bond motifs is 1. The van der Waals surface area contributed by atoms with Gasteiger partial charge in [0.05, 0.1) is 30.6 Å². The molecule has 170 valence electrons. The van der Waals surface area contributed by atoms with E-state index in [9.17, 15) is 15.2 Å². The van der Waals surface area contributed by atoms with Gasteiger partial charge in [-0.25, -0.2) is 0 Å². The molecule has 1 unspecified atom stereocenters. The minimum absolute atomic E-state index is 0.106. The lowest BCUT2D eigenvalue weighted by Crippen LogP contribution is -2.40. The summed E-state index contributed by atoms with van der Waals surface area (Å²) in [7, 11) is 1.87. The standard InChI is InChI=1S/C25H27N5O3/c1-5-33-24-10-23(27-12-18(24)11-26)16(3)30-7-6-19-20(22-13-29(4)28-15(22)2)8-17(14-31)9-21(19)25(30)32/h8-10,12-13,16,31H,5-7,14H2,1-4H3. The number of aryl methyl sites for hydroxylation is 2. The molecule has 4 rings (SSSR count). The van der Waals surface area contributed by atoms with Crippen LogP contribution in [0.15, 0.2) is 30.6 Å². The van der Waals surface area contributed by atoms with E-state index in [4.69, 9.17) is 4.74 Å². The van der Waals surface area contributed by atoms with E-state index in [2.05, 4.69) is 16.2 Å². The van der Waals surface area contributed by atoms with Crippen LogP contribution in [0.4, 0.5) is 0 Å². The molecule has 2 aromatic heterocycles. The van der Waals surface area contributed by atoms with Crippen LogP contribution < -0.4 is 4.74 Å². The van der Waals surface area contributed by atoms with Gasteiger partial charge in [-0.2, -0.15) is 10.4 Å².